The average Bonchev–Trinajstić information content (AvgIpc) is 3.07. The number of nitrogens with one attached hydrogen (secondary N) is 3. The summed E-state index contributed by atoms with van der Waals surface area (Å²) < 4.78 is 3.26. The number of carbonyl (C=O) groups is 1. The highest BCUT2D eigenvalue weighted by Gasteiger charge is 2.19. The number of benzene rings is 3. The van der Waals surface area contributed by atoms with Crippen LogP contribution in [0.5, 0.6) is 0 Å². The fourth-order valence-corrected chi connectivity index (χ4v) is 4.26. The summed E-state index contributed by atoms with van der Waals surface area (Å²) in [5.74, 6) is -0.0369. The van der Waals surface area contributed by atoms with Crippen molar-refractivity contribution in [1.82, 2.24) is 9.36 Å². The molecule has 8 heteroatoms. The van der Waals surface area contributed by atoms with Gasteiger partial charge in [0.2, 0.25) is 0 Å². The van der Waals surface area contributed by atoms with Crippen molar-refractivity contribution in [1.29, 1.82) is 0 Å². The van der Waals surface area contributed by atoms with E-state index in [1.165, 1.54) is 4.68 Å². The van der Waals surface area contributed by atoms with E-state index in [0.717, 1.165) is 16.9 Å². The maximum Gasteiger partial charge on any atom is 0.295 e. The van der Waals surface area contributed by atoms with Crippen LogP contribution in [0, 0.1) is 6.92 Å². The molecule has 1 heterocycles. The minimum atomic E-state index is -0.381. The van der Waals surface area contributed by atoms with Crippen LogP contribution in [0.2, 0.25) is 0 Å². The summed E-state index contributed by atoms with van der Waals surface area (Å²) in [6.07, 6.45) is 0. The summed E-state index contributed by atoms with van der Waals surface area (Å²) in [4.78, 5) is 26.2. The Labute approximate surface area is 215 Å². The lowest BCUT2D eigenvalue weighted by Crippen LogP contribution is -2.23. The largest absolute Gasteiger partial charge is 0.332 e. The van der Waals surface area contributed by atoms with Crippen LogP contribution in [0.25, 0.3) is 5.69 Å². The standard InChI is InChI=1S/C28H29N5O2S/c1-18(2)23-15-8-9-16-24(23)30-28(36)29-21-12-10-11-20(17-21)26(34)31-25-19(3)32(4)33(27(25)35)22-13-6-5-7-14-22/h5-18H,1-4H3,(H,31,34)(H2,29,30,36). The second kappa shape index (κ2) is 10.6. The summed E-state index contributed by atoms with van der Waals surface area (Å²) in [5, 5.41) is 9.60. The molecule has 1 amide bonds. The number of aromatic nitrogens is 2. The fraction of sp³-hybridized carbons (Fsp3) is 0.179. The van der Waals surface area contributed by atoms with Crippen LogP contribution in [-0.2, 0) is 7.05 Å². The molecule has 184 valence electrons. The first-order valence-electron chi connectivity index (χ1n) is 11.7. The molecule has 0 aliphatic rings. The second-order valence-electron chi connectivity index (χ2n) is 8.79. The quantitative estimate of drug-likeness (QED) is 0.298. The zero-order valence-electron chi connectivity index (χ0n) is 20.7. The molecule has 0 unspecified atom stereocenters. The maximum absolute atomic E-state index is 13.1. The Hall–Kier alpha value is -4.17. The van der Waals surface area contributed by atoms with Gasteiger partial charge in [0.05, 0.1) is 11.4 Å². The SMILES string of the molecule is Cc1c(NC(=O)c2cccc(NC(=S)Nc3ccccc3C(C)C)c2)c(=O)n(-c2ccccc2)n1C. The molecule has 0 aliphatic carbocycles. The Morgan fingerprint density at radius 1 is 0.889 bits per heavy atom. The van der Waals surface area contributed by atoms with E-state index in [0.29, 0.717) is 28.0 Å². The lowest BCUT2D eigenvalue weighted by atomic mass is 10.0. The van der Waals surface area contributed by atoms with Gasteiger partial charge in [-0.15, -0.1) is 0 Å². The van der Waals surface area contributed by atoms with Crippen molar-refractivity contribution in [3.8, 4) is 5.69 Å². The van der Waals surface area contributed by atoms with E-state index in [1.54, 1.807) is 36.9 Å². The zero-order chi connectivity index (χ0) is 25.8. The smallest absolute Gasteiger partial charge is 0.295 e. The van der Waals surface area contributed by atoms with Crippen LogP contribution < -0.4 is 21.5 Å². The van der Waals surface area contributed by atoms with Crippen LogP contribution in [0.15, 0.2) is 83.7 Å². The first-order chi connectivity index (χ1) is 17.3. The number of thiocarbonyl (C=S) groups is 1. The molecule has 0 bridgehead atoms. The van der Waals surface area contributed by atoms with Crippen molar-refractivity contribution >= 4 is 40.3 Å². The Morgan fingerprint density at radius 2 is 1.58 bits per heavy atom. The molecule has 1 aromatic heterocycles. The minimum Gasteiger partial charge on any atom is -0.332 e. The van der Waals surface area contributed by atoms with Gasteiger partial charge in [0.25, 0.3) is 11.5 Å². The van der Waals surface area contributed by atoms with Gasteiger partial charge < -0.3 is 16.0 Å². The van der Waals surface area contributed by atoms with Gasteiger partial charge in [-0.25, -0.2) is 4.68 Å². The van der Waals surface area contributed by atoms with Gasteiger partial charge in [0.1, 0.15) is 5.69 Å². The number of rotatable bonds is 6. The number of hydrogen-bond acceptors (Lipinski definition) is 3. The Kier molecular flexibility index (Phi) is 7.36. The highest BCUT2D eigenvalue weighted by Crippen LogP contribution is 2.24. The predicted octanol–water partition coefficient (Wildman–Crippen LogP) is 5.67. The van der Waals surface area contributed by atoms with E-state index in [2.05, 4.69) is 35.9 Å². The van der Waals surface area contributed by atoms with E-state index < -0.39 is 0 Å². The van der Waals surface area contributed by atoms with Crippen molar-refractivity contribution in [2.45, 2.75) is 26.7 Å². The number of hydrogen-bond donors (Lipinski definition) is 3. The monoisotopic (exact) mass is 499 g/mol. The average molecular weight is 500 g/mol. The van der Waals surface area contributed by atoms with Crippen molar-refractivity contribution in [2.24, 2.45) is 7.05 Å². The van der Waals surface area contributed by atoms with Gasteiger partial charge >= 0.3 is 0 Å². The van der Waals surface area contributed by atoms with Gasteiger partial charge in [0.15, 0.2) is 5.11 Å². The third kappa shape index (κ3) is 5.23. The van der Waals surface area contributed by atoms with Gasteiger partial charge in [0, 0.05) is 24.0 Å². The normalized spacial score (nSPS) is 10.8. The lowest BCUT2D eigenvalue weighted by Gasteiger charge is -2.16. The molecule has 0 aliphatic heterocycles. The summed E-state index contributed by atoms with van der Waals surface area (Å²) in [5.41, 5.74) is 4.49. The highest BCUT2D eigenvalue weighted by atomic mass is 32.1. The third-order valence-electron chi connectivity index (χ3n) is 6.01. The van der Waals surface area contributed by atoms with E-state index in [4.69, 9.17) is 12.2 Å². The molecule has 3 N–H and O–H groups in total. The first-order valence-corrected chi connectivity index (χ1v) is 12.1. The predicted molar refractivity (Wildman–Crippen MR) is 151 cm³/mol. The van der Waals surface area contributed by atoms with Gasteiger partial charge in [-0.3, -0.25) is 14.3 Å². The lowest BCUT2D eigenvalue weighted by molar-refractivity contribution is 0.102. The van der Waals surface area contributed by atoms with Crippen molar-refractivity contribution < 1.29 is 4.79 Å². The molecular formula is C28H29N5O2S. The van der Waals surface area contributed by atoms with Gasteiger partial charge in [-0.1, -0.05) is 56.3 Å². The number of carbonyl (C=O) groups excluding carboxylic acids is 1. The zero-order valence-corrected chi connectivity index (χ0v) is 21.5. The molecule has 0 atom stereocenters. The maximum atomic E-state index is 13.1. The summed E-state index contributed by atoms with van der Waals surface area (Å²) in [6, 6.07) is 24.3. The molecule has 3 aromatic carbocycles. The van der Waals surface area contributed by atoms with Crippen LogP contribution in [0.1, 0.15) is 41.4 Å². The van der Waals surface area contributed by atoms with Crippen LogP contribution >= 0.6 is 12.2 Å². The molecular weight excluding hydrogens is 470 g/mol. The topological polar surface area (TPSA) is 80.1 Å². The molecule has 36 heavy (non-hydrogen) atoms. The molecule has 0 spiro atoms. The van der Waals surface area contributed by atoms with Gasteiger partial charge in [-0.2, -0.15) is 0 Å². The number of amides is 1. The minimum absolute atomic E-state index is 0.243. The van der Waals surface area contributed by atoms with Crippen molar-refractivity contribution in [3.05, 3.63) is 106 Å². The Balaban J connectivity index is 1.51. The molecule has 0 saturated heterocycles. The Morgan fingerprint density at radius 3 is 2.31 bits per heavy atom. The summed E-state index contributed by atoms with van der Waals surface area (Å²) in [6.45, 7) is 6.05. The van der Waals surface area contributed by atoms with Crippen molar-refractivity contribution in [3.63, 3.8) is 0 Å². The van der Waals surface area contributed by atoms with Crippen LogP contribution in [-0.4, -0.2) is 20.4 Å². The molecule has 0 saturated carbocycles. The molecule has 0 radical (unpaired) electrons. The molecule has 7 nitrogen and oxygen atoms in total. The Bertz CT molecular complexity index is 1470. The molecule has 4 aromatic rings. The highest BCUT2D eigenvalue weighted by molar-refractivity contribution is 7.80. The van der Waals surface area contributed by atoms with E-state index >= 15 is 0 Å². The first kappa shape index (κ1) is 24.9. The van der Waals surface area contributed by atoms with Gasteiger partial charge in [-0.05, 0) is 67.0 Å². The summed E-state index contributed by atoms with van der Waals surface area (Å²) >= 11 is 5.51. The van der Waals surface area contributed by atoms with Crippen molar-refractivity contribution in [2.75, 3.05) is 16.0 Å². The summed E-state index contributed by atoms with van der Waals surface area (Å²) in [7, 11) is 1.79. The number of para-hydroxylation sites is 2. The second-order valence-corrected chi connectivity index (χ2v) is 9.20. The van der Waals surface area contributed by atoms with E-state index in [-0.39, 0.29) is 17.2 Å². The molecule has 0 fully saturated rings. The van der Waals surface area contributed by atoms with E-state index in [1.807, 2.05) is 54.6 Å². The van der Waals surface area contributed by atoms with Crippen LogP contribution in [0.3, 0.4) is 0 Å². The fourth-order valence-electron chi connectivity index (χ4n) is 4.04. The number of nitrogens with zero attached hydrogens (tertiary/aromatic N) is 2. The molecule has 4 rings (SSSR count). The van der Waals surface area contributed by atoms with Crippen LogP contribution in [0.4, 0.5) is 17.1 Å². The number of anilines is 3. The van der Waals surface area contributed by atoms with E-state index in [9.17, 15) is 9.59 Å². The third-order valence-corrected chi connectivity index (χ3v) is 6.21.